The fourth-order valence-electron chi connectivity index (χ4n) is 3.31. The highest BCUT2D eigenvalue weighted by Gasteiger charge is 2.27. The van der Waals surface area contributed by atoms with Crippen LogP contribution in [0.25, 0.3) is 0 Å². The number of rotatable bonds is 10. The second kappa shape index (κ2) is 12.1. The van der Waals surface area contributed by atoms with Crippen molar-refractivity contribution in [3.8, 4) is 5.75 Å². The van der Waals surface area contributed by atoms with Crippen LogP contribution in [0.3, 0.4) is 0 Å². The zero-order chi connectivity index (χ0) is 24.3. The van der Waals surface area contributed by atoms with Gasteiger partial charge in [0, 0.05) is 12.8 Å². The first-order valence-electron chi connectivity index (χ1n) is 10.7. The van der Waals surface area contributed by atoms with Gasteiger partial charge in [-0.05, 0) is 28.8 Å². The third kappa shape index (κ3) is 7.67. The lowest BCUT2D eigenvalue weighted by Crippen LogP contribution is -2.53. The Labute approximate surface area is 197 Å². The molecule has 8 nitrogen and oxygen atoms in total. The predicted molar refractivity (Wildman–Crippen MR) is 125 cm³/mol. The number of carbonyl (C=O) groups is 3. The van der Waals surface area contributed by atoms with Gasteiger partial charge in [-0.25, -0.2) is 9.59 Å². The molecule has 0 radical (unpaired) electrons. The molecule has 3 rings (SSSR count). The number of aliphatic carboxylic acids is 1. The highest BCUT2D eigenvalue weighted by molar-refractivity contribution is 5.89. The third-order valence-corrected chi connectivity index (χ3v) is 5.09. The van der Waals surface area contributed by atoms with Gasteiger partial charge >= 0.3 is 12.1 Å². The van der Waals surface area contributed by atoms with Gasteiger partial charge in [0.05, 0.1) is 0 Å². The van der Waals surface area contributed by atoms with Crippen molar-refractivity contribution in [2.45, 2.75) is 31.5 Å². The number of aromatic hydroxyl groups is 1. The van der Waals surface area contributed by atoms with E-state index in [1.807, 2.05) is 60.7 Å². The minimum Gasteiger partial charge on any atom is -0.508 e. The van der Waals surface area contributed by atoms with E-state index in [4.69, 9.17) is 4.74 Å². The van der Waals surface area contributed by atoms with Crippen LogP contribution < -0.4 is 10.6 Å². The SMILES string of the molecule is O=C(N[C@H](Cc1ccccc1)C(=O)N[C@H](Cc1ccc(O)cc1)C(=O)O)OCc1ccccc1. The molecule has 0 aliphatic rings. The normalized spacial score (nSPS) is 12.2. The molecule has 0 aliphatic heterocycles. The van der Waals surface area contributed by atoms with Crippen LogP contribution >= 0.6 is 0 Å². The zero-order valence-corrected chi connectivity index (χ0v) is 18.4. The Bertz CT molecular complexity index is 1090. The maximum Gasteiger partial charge on any atom is 0.408 e. The topological polar surface area (TPSA) is 125 Å². The lowest BCUT2D eigenvalue weighted by molar-refractivity contribution is -0.142. The van der Waals surface area contributed by atoms with Crippen molar-refractivity contribution in [2.24, 2.45) is 0 Å². The Morgan fingerprint density at radius 1 is 0.706 bits per heavy atom. The van der Waals surface area contributed by atoms with Crippen LogP contribution in [0.4, 0.5) is 4.79 Å². The van der Waals surface area contributed by atoms with Gasteiger partial charge in [0.25, 0.3) is 0 Å². The van der Waals surface area contributed by atoms with Crippen molar-refractivity contribution in [1.82, 2.24) is 10.6 Å². The molecule has 2 amide bonds. The minimum absolute atomic E-state index is 0.0118. The summed E-state index contributed by atoms with van der Waals surface area (Å²) in [4.78, 5) is 37.2. The van der Waals surface area contributed by atoms with Gasteiger partial charge in [-0.15, -0.1) is 0 Å². The van der Waals surface area contributed by atoms with Gasteiger partial charge in [-0.3, -0.25) is 4.79 Å². The summed E-state index contributed by atoms with van der Waals surface area (Å²) in [5.74, 6) is -1.81. The molecule has 0 spiro atoms. The molecule has 34 heavy (non-hydrogen) atoms. The van der Waals surface area contributed by atoms with Crippen LogP contribution in [0.15, 0.2) is 84.9 Å². The fourth-order valence-corrected chi connectivity index (χ4v) is 3.31. The van der Waals surface area contributed by atoms with E-state index in [0.29, 0.717) is 5.56 Å². The molecule has 0 saturated heterocycles. The molecule has 0 bridgehead atoms. The fraction of sp³-hybridized carbons (Fsp3) is 0.192. The van der Waals surface area contributed by atoms with E-state index < -0.39 is 30.1 Å². The van der Waals surface area contributed by atoms with Crippen LogP contribution in [0.2, 0.25) is 0 Å². The van der Waals surface area contributed by atoms with Crippen molar-refractivity contribution in [2.75, 3.05) is 0 Å². The van der Waals surface area contributed by atoms with Gasteiger partial charge in [-0.2, -0.15) is 0 Å². The van der Waals surface area contributed by atoms with Crippen LogP contribution in [-0.4, -0.2) is 40.3 Å². The number of nitrogens with one attached hydrogen (secondary N) is 2. The van der Waals surface area contributed by atoms with E-state index in [1.165, 1.54) is 12.1 Å². The lowest BCUT2D eigenvalue weighted by atomic mass is 10.0. The van der Waals surface area contributed by atoms with Gasteiger partial charge in [0.15, 0.2) is 0 Å². The smallest absolute Gasteiger partial charge is 0.408 e. The summed E-state index contributed by atoms with van der Waals surface area (Å²) in [6.07, 6.45) is -0.624. The number of alkyl carbamates (subject to hydrolysis) is 1. The summed E-state index contributed by atoms with van der Waals surface area (Å²) in [5, 5.41) is 24.1. The summed E-state index contributed by atoms with van der Waals surface area (Å²) in [7, 11) is 0. The molecule has 176 valence electrons. The van der Waals surface area contributed by atoms with E-state index in [-0.39, 0.29) is 25.2 Å². The van der Waals surface area contributed by atoms with Crippen molar-refractivity contribution in [1.29, 1.82) is 0 Å². The van der Waals surface area contributed by atoms with Gasteiger partial charge in [0.2, 0.25) is 5.91 Å². The number of hydrogen-bond acceptors (Lipinski definition) is 5. The van der Waals surface area contributed by atoms with Crippen molar-refractivity contribution >= 4 is 18.0 Å². The van der Waals surface area contributed by atoms with Gasteiger partial charge < -0.3 is 25.6 Å². The second-order valence-electron chi connectivity index (χ2n) is 7.72. The molecule has 2 atom stereocenters. The first-order chi connectivity index (χ1) is 16.4. The summed E-state index contributed by atoms with van der Waals surface area (Å²) < 4.78 is 5.24. The number of benzene rings is 3. The average Bonchev–Trinajstić information content (AvgIpc) is 2.84. The van der Waals surface area contributed by atoms with Gasteiger partial charge in [0.1, 0.15) is 24.4 Å². The number of phenolic OH excluding ortho intramolecular Hbond substituents is 1. The molecule has 0 heterocycles. The maximum atomic E-state index is 13.0. The molecular formula is C26H26N2O6. The van der Waals surface area contributed by atoms with Crippen LogP contribution in [0.5, 0.6) is 5.75 Å². The Balaban J connectivity index is 1.68. The number of amides is 2. The largest absolute Gasteiger partial charge is 0.508 e. The molecule has 0 fully saturated rings. The second-order valence-corrected chi connectivity index (χ2v) is 7.72. The maximum absolute atomic E-state index is 13.0. The predicted octanol–water partition coefficient (Wildman–Crippen LogP) is 3.04. The molecule has 0 aliphatic carbocycles. The molecule has 0 aromatic heterocycles. The zero-order valence-electron chi connectivity index (χ0n) is 18.4. The summed E-state index contributed by atoms with van der Waals surface area (Å²) >= 11 is 0. The molecule has 3 aromatic carbocycles. The molecule has 8 heteroatoms. The monoisotopic (exact) mass is 462 g/mol. The van der Waals surface area contributed by atoms with Crippen LogP contribution in [-0.2, 0) is 33.8 Å². The van der Waals surface area contributed by atoms with Crippen LogP contribution in [0, 0.1) is 0 Å². The number of carbonyl (C=O) groups excluding carboxylic acids is 2. The van der Waals surface area contributed by atoms with E-state index in [9.17, 15) is 24.6 Å². The molecule has 3 aromatic rings. The van der Waals surface area contributed by atoms with Crippen molar-refractivity contribution < 1.29 is 29.3 Å². The Kier molecular flexibility index (Phi) is 8.62. The van der Waals surface area contributed by atoms with E-state index >= 15 is 0 Å². The lowest BCUT2D eigenvalue weighted by Gasteiger charge is -2.21. The first kappa shape index (κ1) is 24.3. The summed E-state index contributed by atoms with van der Waals surface area (Å²) in [5.41, 5.74) is 2.21. The third-order valence-electron chi connectivity index (χ3n) is 5.09. The quantitative estimate of drug-likeness (QED) is 0.367. The Morgan fingerprint density at radius 3 is 1.82 bits per heavy atom. The molecular weight excluding hydrogens is 436 g/mol. The van der Waals surface area contributed by atoms with E-state index in [0.717, 1.165) is 11.1 Å². The van der Waals surface area contributed by atoms with Crippen molar-refractivity contribution in [3.63, 3.8) is 0 Å². The van der Waals surface area contributed by atoms with E-state index in [2.05, 4.69) is 10.6 Å². The summed E-state index contributed by atoms with van der Waals surface area (Å²) in [6.45, 7) is 0.0327. The molecule has 0 saturated carbocycles. The average molecular weight is 463 g/mol. The standard InChI is InChI=1S/C26H26N2O6/c29-21-13-11-19(12-14-21)16-23(25(31)32)27-24(30)22(15-18-7-3-1-4-8-18)28-26(33)34-17-20-9-5-2-6-10-20/h1-14,22-23,29H,15-17H2,(H,27,30)(H,28,33)(H,31,32)/t22-,23-/m1/s1. The highest BCUT2D eigenvalue weighted by Crippen LogP contribution is 2.12. The van der Waals surface area contributed by atoms with Crippen LogP contribution in [0.1, 0.15) is 16.7 Å². The van der Waals surface area contributed by atoms with E-state index in [1.54, 1.807) is 12.1 Å². The number of phenols is 1. The van der Waals surface area contributed by atoms with Gasteiger partial charge in [-0.1, -0.05) is 72.8 Å². The number of hydrogen-bond donors (Lipinski definition) is 4. The summed E-state index contributed by atoms with van der Waals surface area (Å²) in [6, 6.07) is 21.9. The van der Waals surface area contributed by atoms with Crippen molar-refractivity contribution in [3.05, 3.63) is 102 Å². The number of ether oxygens (including phenoxy) is 1. The Hall–Kier alpha value is -4.33. The minimum atomic E-state index is -1.22. The molecule has 0 unspecified atom stereocenters. The number of carboxylic acids is 1. The first-order valence-corrected chi connectivity index (χ1v) is 10.7. The number of carboxylic acid groups (broad SMARTS) is 1. The highest BCUT2D eigenvalue weighted by atomic mass is 16.5. The Morgan fingerprint density at radius 2 is 1.24 bits per heavy atom. The molecule has 4 N–H and O–H groups in total.